The molecular formula is C21H31IN4O4. The first-order chi connectivity index (χ1) is 14.3. The number of nitrogens with zero attached hydrogens (tertiary/aromatic N) is 1. The van der Waals surface area contributed by atoms with Crippen molar-refractivity contribution in [3.05, 3.63) is 27.5 Å². The zero-order chi connectivity index (χ0) is 21.7. The van der Waals surface area contributed by atoms with Gasteiger partial charge in [-0.05, 0) is 13.0 Å². The van der Waals surface area contributed by atoms with Crippen molar-refractivity contribution in [1.82, 2.24) is 10.3 Å². The Morgan fingerprint density at radius 2 is 2.07 bits per heavy atom. The monoisotopic (exact) mass is 530 g/mol. The van der Waals surface area contributed by atoms with Gasteiger partial charge in [0.1, 0.15) is 0 Å². The third-order valence-electron chi connectivity index (χ3n) is 4.73. The van der Waals surface area contributed by atoms with Crippen LogP contribution in [0.2, 0.25) is 0 Å². The third kappa shape index (κ3) is 5.51. The Bertz CT molecular complexity index is 902. The van der Waals surface area contributed by atoms with E-state index in [0.29, 0.717) is 37.8 Å². The maximum absolute atomic E-state index is 12.2. The summed E-state index contributed by atoms with van der Waals surface area (Å²) in [6.45, 7) is 7.09. The van der Waals surface area contributed by atoms with Crippen LogP contribution in [0.25, 0.3) is 10.9 Å². The number of nitrogens with two attached hydrogens (primary N) is 2. The van der Waals surface area contributed by atoms with E-state index in [9.17, 15) is 4.79 Å². The second-order valence-corrected chi connectivity index (χ2v) is 11.5. The molecule has 3 rings (SSSR count). The van der Waals surface area contributed by atoms with Gasteiger partial charge in [0.15, 0.2) is 0 Å². The molecule has 1 aliphatic heterocycles. The van der Waals surface area contributed by atoms with Crippen molar-refractivity contribution in [3.8, 4) is 5.75 Å². The van der Waals surface area contributed by atoms with E-state index in [0.717, 1.165) is 39.4 Å². The van der Waals surface area contributed by atoms with Crippen molar-refractivity contribution in [2.45, 2.75) is 52.0 Å². The summed E-state index contributed by atoms with van der Waals surface area (Å²) in [7, 11) is 0. The number of nitrogen functional groups attached to an aromatic ring is 1. The first kappa shape index (κ1) is 23.0. The Labute approximate surface area is 185 Å². The molecule has 5 N–H and O–H groups in total. The fourth-order valence-corrected chi connectivity index (χ4v) is 5.91. The van der Waals surface area contributed by atoms with Crippen LogP contribution in [-0.2, 0) is 10.9 Å². The molecule has 2 heterocycles. The summed E-state index contributed by atoms with van der Waals surface area (Å²) < 4.78 is 18.2. The molecule has 30 heavy (non-hydrogen) atoms. The normalized spacial score (nSPS) is 15.1. The van der Waals surface area contributed by atoms with Gasteiger partial charge in [0.2, 0.25) is 0 Å². The number of carbonyl (C=O) groups is 1. The molecular weight excluding hydrogens is 499 g/mol. The summed E-state index contributed by atoms with van der Waals surface area (Å²) in [5, 5.41) is 3.81. The number of fused-ring (bicyclic) bond motifs is 1. The predicted octanol–water partition coefficient (Wildman–Crippen LogP) is 3.43. The molecule has 1 amide bonds. The standard InChI is InChI=1S/C21H31IN4O4/c1-14-19(22-29-13-30-22)20(24)18-15(25-14)8-7-9-16(18)28-12-21(2,3)26-17(27)10-5-4-6-11-23/h7-9H,4-6,10-13,23H2,1-3H3,(H2,24,25)(H,26,27). The minimum absolute atomic E-state index is 0.0173. The average molecular weight is 530 g/mol. The van der Waals surface area contributed by atoms with Crippen LogP contribution in [0.3, 0.4) is 0 Å². The number of benzene rings is 1. The van der Waals surface area contributed by atoms with E-state index in [1.807, 2.05) is 39.0 Å². The van der Waals surface area contributed by atoms with Crippen LogP contribution < -0.4 is 21.5 Å². The molecule has 1 fully saturated rings. The molecule has 0 unspecified atom stereocenters. The summed E-state index contributed by atoms with van der Waals surface area (Å²) in [5.74, 6) is 0.657. The molecule has 0 saturated carbocycles. The second-order valence-electron chi connectivity index (χ2n) is 7.95. The zero-order valence-corrected chi connectivity index (χ0v) is 20.0. The summed E-state index contributed by atoms with van der Waals surface area (Å²) >= 11 is -2.15. The first-order valence-corrected chi connectivity index (χ1v) is 13.0. The molecule has 9 heteroatoms. The summed E-state index contributed by atoms with van der Waals surface area (Å²) in [4.78, 5) is 16.9. The molecule has 1 aliphatic rings. The van der Waals surface area contributed by atoms with Crippen LogP contribution in [0.5, 0.6) is 5.75 Å². The number of unbranched alkanes of at least 4 members (excludes halogenated alkanes) is 2. The van der Waals surface area contributed by atoms with Crippen molar-refractivity contribution < 1.29 is 15.7 Å². The van der Waals surface area contributed by atoms with E-state index < -0.39 is 26.2 Å². The van der Waals surface area contributed by atoms with Gasteiger partial charge in [0.05, 0.1) is 0 Å². The second kappa shape index (κ2) is 10.1. The van der Waals surface area contributed by atoms with Gasteiger partial charge in [-0.1, -0.05) is 0 Å². The Balaban J connectivity index is 1.71. The molecule has 0 bridgehead atoms. The fourth-order valence-electron chi connectivity index (χ4n) is 3.27. The molecule has 0 radical (unpaired) electrons. The third-order valence-corrected chi connectivity index (χ3v) is 8.61. The van der Waals surface area contributed by atoms with Crippen LogP contribution in [-0.4, -0.2) is 36.4 Å². The average Bonchev–Trinajstić information content (AvgIpc) is 2.64. The van der Waals surface area contributed by atoms with Gasteiger partial charge in [-0.2, -0.15) is 0 Å². The number of aromatic nitrogens is 1. The van der Waals surface area contributed by atoms with Crippen molar-refractivity contribution in [1.29, 1.82) is 0 Å². The first-order valence-electron chi connectivity index (χ1n) is 10.1. The van der Waals surface area contributed by atoms with Crippen LogP contribution in [0.1, 0.15) is 45.2 Å². The quantitative estimate of drug-likeness (QED) is 0.318. The molecule has 1 aromatic carbocycles. The van der Waals surface area contributed by atoms with Gasteiger partial charge in [0.25, 0.3) is 0 Å². The van der Waals surface area contributed by atoms with E-state index >= 15 is 0 Å². The van der Waals surface area contributed by atoms with Gasteiger partial charge in [-0.25, -0.2) is 0 Å². The topological polar surface area (TPSA) is 122 Å². The van der Waals surface area contributed by atoms with E-state index in [-0.39, 0.29) is 5.91 Å². The Kier molecular flexibility index (Phi) is 7.72. The van der Waals surface area contributed by atoms with Crippen molar-refractivity contribution in [3.63, 3.8) is 0 Å². The van der Waals surface area contributed by atoms with Gasteiger partial charge < -0.3 is 5.73 Å². The van der Waals surface area contributed by atoms with Gasteiger partial charge in [0, 0.05) is 0 Å². The van der Waals surface area contributed by atoms with E-state index in [2.05, 4.69) is 10.3 Å². The number of amides is 1. The SMILES string of the molecule is Cc1nc2cccc(OCC(C)(C)NC(=O)CCCCCN)c2c(N)c1I1OCO1. The van der Waals surface area contributed by atoms with Crippen LogP contribution in [0.15, 0.2) is 18.2 Å². The Morgan fingerprint density at radius 3 is 2.73 bits per heavy atom. The zero-order valence-electron chi connectivity index (χ0n) is 17.8. The number of hydrogen-bond donors (Lipinski definition) is 3. The van der Waals surface area contributed by atoms with Crippen molar-refractivity contribution >= 4 is 43.1 Å². The molecule has 166 valence electrons. The Morgan fingerprint density at radius 1 is 1.30 bits per heavy atom. The van der Waals surface area contributed by atoms with Crippen LogP contribution >= 0.6 is 20.6 Å². The maximum atomic E-state index is 12.2. The molecule has 2 aromatic rings. The molecule has 8 nitrogen and oxygen atoms in total. The van der Waals surface area contributed by atoms with Gasteiger partial charge in [-0.15, -0.1) is 0 Å². The Hall–Kier alpha value is -1.69. The number of rotatable bonds is 10. The molecule has 0 spiro atoms. The van der Waals surface area contributed by atoms with Gasteiger partial charge >= 0.3 is 167 Å². The predicted molar refractivity (Wildman–Crippen MR) is 126 cm³/mol. The molecule has 1 saturated heterocycles. The summed E-state index contributed by atoms with van der Waals surface area (Å²) in [5.41, 5.74) is 13.7. The number of hydrogen-bond acceptors (Lipinski definition) is 7. The van der Waals surface area contributed by atoms with Crippen molar-refractivity contribution in [2.75, 3.05) is 25.7 Å². The molecule has 0 aliphatic carbocycles. The number of anilines is 1. The van der Waals surface area contributed by atoms with Gasteiger partial charge in [-0.3, -0.25) is 0 Å². The number of halogens is 1. The van der Waals surface area contributed by atoms with E-state index in [1.54, 1.807) is 0 Å². The van der Waals surface area contributed by atoms with E-state index in [4.69, 9.17) is 22.3 Å². The summed E-state index contributed by atoms with van der Waals surface area (Å²) in [6.07, 6.45) is 3.23. The van der Waals surface area contributed by atoms with E-state index in [1.165, 1.54) is 0 Å². The number of aryl methyl sites for hydroxylation is 1. The van der Waals surface area contributed by atoms with Crippen LogP contribution in [0.4, 0.5) is 5.69 Å². The molecule has 1 aromatic heterocycles. The van der Waals surface area contributed by atoms with Crippen LogP contribution in [0, 0.1) is 10.5 Å². The summed E-state index contributed by atoms with van der Waals surface area (Å²) in [6, 6.07) is 5.67. The number of ether oxygens (including phenoxy) is 1. The number of pyridine rings is 1. The number of nitrogens with one attached hydrogen (secondary N) is 1. The van der Waals surface area contributed by atoms with Crippen molar-refractivity contribution in [2.24, 2.45) is 5.73 Å². The fraction of sp³-hybridized carbons (Fsp3) is 0.524. The number of carbonyl (C=O) groups excluding carboxylic acids is 1. The minimum atomic E-state index is -2.15. The molecule has 0 atom stereocenters.